The van der Waals surface area contributed by atoms with Crippen LogP contribution in [0.25, 0.3) is 0 Å². The highest BCUT2D eigenvalue weighted by atomic mass is 32.2. The van der Waals surface area contributed by atoms with Crippen molar-refractivity contribution in [1.29, 1.82) is 0 Å². The van der Waals surface area contributed by atoms with Crippen molar-refractivity contribution in [3.63, 3.8) is 0 Å². The SMILES string of the molecule is C#CCN([C@H](C(N)=O)C(C)C)S(=O)(=O)c1ccc([N+](=O)[O-])cc1. The van der Waals surface area contributed by atoms with Crippen LogP contribution in [0.4, 0.5) is 5.69 Å². The van der Waals surface area contributed by atoms with Crippen molar-refractivity contribution in [3.05, 3.63) is 34.4 Å². The van der Waals surface area contributed by atoms with Crippen LogP contribution in [-0.4, -0.2) is 36.1 Å². The number of sulfonamides is 1. The molecule has 0 bridgehead atoms. The Labute approximate surface area is 134 Å². The Bertz CT molecular complexity index is 735. The van der Waals surface area contributed by atoms with Crippen LogP contribution in [0.2, 0.25) is 0 Å². The number of primary amides is 1. The maximum atomic E-state index is 12.7. The molecule has 0 aliphatic rings. The number of nitro benzene ring substituents is 1. The lowest BCUT2D eigenvalue weighted by molar-refractivity contribution is -0.384. The summed E-state index contributed by atoms with van der Waals surface area (Å²) in [4.78, 5) is 21.4. The third kappa shape index (κ3) is 4.06. The molecular formula is C14H17N3O5S. The van der Waals surface area contributed by atoms with Gasteiger partial charge in [-0.05, 0) is 18.1 Å². The van der Waals surface area contributed by atoms with Gasteiger partial charge in [0.15, 0.2) is 0 Å². The average Bonchev–Trinajstić information content (AvgIpc) is 2.46. The first-order chi connectivity index (χ1) is 10.6. The lowest BCUT2D eigenvalue weighted by atomic mass is 10.0. The molecule has 1 amide bonds. The summed E-state index contributed by atoms with van der Waals surface area (Å²) in [5, 5.41) is 10.6. The molecule has 1 rings (SSSR count). The van der Waals surface area contributed by atoms with E-state index in [1.54, 1.807) is 13.8 Å². The Hall–Kier alpha value is -2.44. The molecule has 8 nitrogen and oxygen atoms in total. The van der Waals surface area contributed by atoms with Crippen LogP contribution in [0.15, 0.2) is 29.2 Å². The topological polar surface area (TPSA) is 124 Å². The molecule has 0 fully saturated rings. The van der Waals surface area contributed by atoms with Crippen LogP contribution >= 0.6 is 0 Å². The third-order valence-electron chi connectivity index (χ3n) is 3.13. The van der Waals surface area contributed by atoms with Crippen LogP contribution in [0.3, 0.4) is 0 Å². The molecule has 0 spiro atoms. The van der Waals surface area contributed by atoms with Crippen molar-refractivity contribution < 1.29 is 18.1 Å². The van der Waals surface area contributed by atoms with Crippen LogP contribution in [0.1, 0.15) is 13.8 Å². The fraction of sp³-hybridized carbons (Fsp3) is 0.357. The number of hydrogen-bond donors (Lipinski definition) is 1. The Morgan fingerprint density at radius 2 is 1.91 bits per heavy atom. The first-order valence-electron chi connectivity index (χ1n) is 6.62. The van der Waals surface area contributed by atoms with E-state index in [4.69, 9.17) is 12.2 Å². The molecule has 0 heterocycles. The second kappa shape index (κ2) is 7.21. The van der Waals surface area contributed by atoms with Gasteiger partial charge in [0.05, 0.1) is 16.4 Å². The third-order valence-corrected chi connectivity index (χ3v) is 4.98. The molecule has 1 atom stereocenters. The van der Waals surface area contributed by atoms with E-state index < -0.39 is 32.8 Å². The minimum atomic E-state index is -4.13. The van der Waals surface area contributed by atoms with Crippen molar-refractivity contribution in [2.24, 2.45) is 11.7 Å². The summed E-state index contributed by atoms with van der Waals surface area (Å²) >= 11 is 0. The molecule has 0 aliphatic heterocycles. The smallest absolute Gasteiger partial charge is 0.269 e. The van der Waals surface area contributed by atoms with Gasteiger partial charge in [-0.2, -0.15) is 4.31 Å². The first-order valence-corrected chi connectivity index (χ1v) is 8.06. The van der Waals surface area contributed by atoms with Gasteiger partial charge in [-0.1, -0.05) is 19.8 Å². The fourth-order valence-electron chi connectivity index (χ4n) is 2.10. The lowest BCUT2D eigenvalue weighted by Gasteiger charge is -2.29. The number of amides is 1. The molecule has 0 radical (unpaired) electrons. The Kier molecular flexibility index (Phi) is 5.84. The Balaban J connectivity index is 3.36. The van der Waals surface area contributed by atoms with Crippen LogP contribution < -0.4 is 5.73 Å². The summed E-state index contributed by atoms with van der Waals surface area (Å²) in [5.74, 6) is 0.981. The van der Waals surface area contributed by atoms with E-state index in [-0.39, 0.29) is 17.1 Å². The number of terminal acetylenes is 1. The molecule has 2 N–H and O–H groups in total. The van der Waals surface area contributed by atoms with Crippen molar-refractivity contribution in [1.82, 2.24) is 4.31 Å². The molecule has 124 valence electrons. The number of benzene rings is 1. The van der Waals surface area contributed by atoms with Gasteiger partial charge >= 0.3 is 0 Å². The second-order valence-electron chi connectivity index (χ2n) is 5.10. The number of rotatable bonds is 7. The second-order valence-corrected chi connectivity index (χ2v) is 6.99. The minimum absolute atomic E-state index is 0.203. The Morgan fingerprint density at radius 3 is 2.26 bits per heavy atom. The molecule has 0 saturated heterocycles. The molecule has 0 aromatic heterocycles. The highest BCUT2D eigenvalue weighted by molar-refractivity contribution is 7.89. The predicted molar refractivity (Wildman–Crippen MR) is 83.6 cm³/mol. The van der Waals surface area contributed by atoms with Crippen molar-refractivity contribution in [2.45, 2.75) is 24.8 Å². The van der Waals surface area contributed by atoms with E-state index in [1.807, 2.05) is 0 Å². The number of non-ortho nitro benzene ring substituents is 1. The van der Waals surface area contributed by atoms with Gasteiger partial charge in [0.25, 0.3) is 5.69 Å². The zero-order chi connectivity index (χ0) is 17.8. The van der Waals surface area contributed by atoms with Crippen LogP contribution in [0.5, 0.6) is 0 Å². The average molecular weight is 339 g/mol. The lowest BCUT2D eigenvalue weighted by Crippen LogP contribution is -2.50. The number of nitrogens with two attached hydrogens (primary N) is 1. The van der Waals surface area contributed by atoms with E-state index in [2.05, 4.69) is 5.92 Å². The van der Waals surface area contributed by atoms with Crippen molar-refractivity contribution in [2.75, 3.05) is 6.54 Å². The molecule has 0 unspecified atom stereocenters. The van der Waals surface area contributed by atoms with Crippen molar-refractivity contribution >= 4 is 21.6 Å². The summed E-state index contributed by atoms with van der Waals surface area (Å²) in [6.07, 6.45) is 5.21. The number of hydrogen-bond acceptors (Lipinski definition) is 5. The van der Waals surface area contributed by atoms with Gasteiger partial charge in [-0.3, -0.25) is 14.9 Å². The maximum Gasteiger partial charge on any atom is 0.269 e. The molecule has 9 heteroatoms. The van der Waals surface area contributed by atoms with E-state index in [0.29, 0.717) is 0 Å². The van der Waals surface area contributed by atoms with Gasteiger partial charge in [0.2, 0.25) is 15.9 Å². The van der Waals surface area contributed by atoms with Gasteiger partial charge in [0.1, 0.15) is 6.04 Å². The zero-order valence-corrected chi connectivity index (χ0v) is 13.5. The fourth-order valence-corrected chi connectivity index (χ4v) is 3.74. The van der Waals surface area contributed by atoms with E-state index >= 15 is 0 Å². The zero-order valence-electron chi connectivity index (χ0n) is 12.7. The molecule has 1 aromatic rings. The normalized spacial score (nSPS) is 12.8. The molecular weight excluding hydrogens is 322 g/mol. The van der Waals surface area contributed by atoms with Gasteiger partial charge < -0.3 is 5.73 Å². The molecule has 1 aromatic carbocycles. The van der Waals surface area contributed by atoms with Crippen LogP contribution in [-0.2, 0) is 14.8 Å². The summed E-state index contributed by atoms with van der Waals surface area (Å²) in [6, 6.07) is 3.20. The summed E-state index contributed by atoms with van der Waals surface area (Å²) in [5.41, 5.74) is 5.06. The monoisotopic (exact) mass is 339 g/mol. The van der Waals surface area contributed by atoms with E-state index in [0.717, 1.165) is 28.6 Å². The summed E-state index contributed by atoms with van der Waals surface area (Å²) in [6.45, 7) is 2.94. The standard InChI is InChI=1S/C14H17N3O5S/c1-4-9-16(13(10(2)3)14(15)18)23(21,22)12-7-5-11(6-8-12)17(19)20/h1,5-8,10,13H,9H2,2-3H3,(H2,15,18)/t13-/m0/s1. The van der Waals surface area contributed by atoms with Gasteiger partial charge in [-0.15, -0.1) is 6.42 Å². The summed E-state index contributed by atoms with van der Waals surface area (Å²) in [7, 11) is -4.13. The highest BCUT2D eigenvalue weighted by Gasteiger charge is 2.36. The van der Waals surface area contributed by atoms with Gasteiger partial charge in [-0.25, -0.2) is 8.42 Å². The minimum Gasteiger partial charge on any atom is -0.368 e. The maximum absolute atomic E-state index is 12.7. The predicted octanol–water partition coefficient (Wildman–Crippen LogP) is 0.729. The van der Waals surface area contributed by atoms with E-state index in [9.17, 15) is 23.3 Å². The Morgan fingerprint density at radius 1 is 1.39 bits per heavy atom. The highest BCUT2D eigenvalue weighted by Crippen LogP contribution is 2.23. The number of carbonyl (C=O) groups excluding carboxylic acids is 1. The number of carbonyl (C=O) groups is 1. The molecule has 0 saturated carbocycles. The van der Waals surface area contributed by atoms with Crippen LogP contribution in [0, 0.1) is 28.4 Å². The van der Waals surface area contributed by atoms with Crippen molar-refractivity contribution in [3.8, 4) is 12.3 Å². The number of nitrogens with zero attached hydrogens (tertiary/aromatic N) is 2. The quantitative estimate of drug-likeness (QED) is 0.445. The molecule has 0 aliphatic carbocycles. The summed E-state index contributed by atoms with van der Waals surface area (Å²) < 4.78 is 26.2. The largest absolute Gasteiger partial charge is 0.368 e. The molecule has 23 heavy (non-hydrogen) atoms. The van der Waals surface area contributed by atoms with Gasteiger partial charge in [0, 0.05) is 12.1 Å². The first kappa shape index (κ1) is 18.6. The van der Waals surface area contributed by atoms with E-state index in [1.165, 1.54) is 0 Å². The number of nitro groups is 1.